The van der Waals surface area contributed by atoms with Crippen molar-refractivity contribution in [2.45, 2.75) is 62.5 Å². The number of aliphatic hydroxyl groups is 1. The lowest BCUT2D eigenvalue weighted by Crippen LogP contribution is -2.28. The van der Waals surface area contributed by atoms with E-state index in [1.807, 2.05) is 12.3 Å². The summed E-state index contributed by atoms with van der Waals surface area (Å²) in [5.41, 5.74) is 2.57. The maximum absolute atomic E-state index is 12.4. The number of sulfonamides is 1. The zero-order valence-corrected chi connectivity index (χ0v) is 20.3. The summed E-state index contributed by atoms with van der Waals surface area (Å²) in [5, 5.41) is 21.2. The lowest BCUT2D eigenvalue weighted by molar-refractivity contribution is 0.126. The van der Waals surface area contributed by atoms with Gasteiger partial charge in [-0.05, 0) is 55.9 Å². The minimum Gasteiger partial charge on any atom is -0.393 e. The SMILES string of the molecule is CC(C)c1cnn2c(Nc3ccc(S(=O)(=O)N(C)C)cc3)cc(N[C@H]3CC[C@H](O)CC3)nc12. The summed E-state index contributed by atoms with van der Waals surface area (Å²) in [6, 6.07) is 8.84. The Balaban J connectivity index is 1.66. The standard InChI is InChI=1S/C23H32N6O3S/c1-15(2)20-14-24-29-22(26-17-7-11-19(12-8-17)33(31,32)28(3)4)13-21(27-23(20)29)25-16-5-9-18(30)10-6-16/h7-8,11-16,18,26,30H,5-6,9-10H2,1-4H3,(H,25,27)/t16-,18-. The van der Waals surface area contributed by atoms with Gasteiger partial charge >= 0.3 is 0 Å². The molecule has 1 aliphatic carbocycles. The van der Waals surface area contributed by atoms with Crippen LogP contribution in [0.3, 0.4) is 0 Å². The molecule has 0 spiro atoms. The molecule has 0 aliphatic heterocycles. The van der Waals surface area contributed by atoms with Gasteiger partial charge in [0.1, 0.15) is 11.6 Å². The molecule has 0 unspecified atom stereocenters. The molecule has 9 nitrogen and oxygen atoms in total. The number of nitrogens with zero attached hydrogens (tertiary/aromatic N) is 4. The Labute approximate surface area is 194 Å². The minimum atomic E-state index is -3.48. The molecule has 178 valence electrons. The van der Waals surface area contributed by atoms with E-state index < -0.39 is 10.0 Å². The molecule has 3 aromatic rings. The average Bonchev–Trinajstić information content (AvgIpc) is 3.20. The zero-order valence-electron chi connectivity index (χ0n) is 19.5. The molecule has 0 bridgehead atoms. The van der Waals surface area contributed by atoms with E-state index in [0.717, 1.165) is 54.2 Å². The molecule has 1 fully saturated rings. The number of hydrogen-bond acceptors (Lipinski definition) is 7. The van der Waals surface area contributed by atoms with E-state index in [-0.39, 0.29) is 23.0 Å². The molecular formula is C23H32N6O3S. The lowest BCUT2D eigenvalue weighted by Gasteiger charge is -2.26. The van der Waals surface area contributed by atoms with Crippen LogP contribution in [-0.2, 0) is 10.0 Å². The Bertz CT molecular complexity index is 1210. The largest absolute Gasteiger partial charge is 0.393 e. The Morgan fingerprint density at radius 1 is 1.12 bits per heavy atom. The topological polar surface area (TPSA) is 112 Å². The predicted octanol–water partition coefficient (Wildman–Crippen LogP) is 3.56. The molecule has 2 heterocycles. The Morgan fingerprint density at radius 2 is 1.79 bits per heavy atom. The van der Waals surface area contributed by atoms with Gasteiger partial charge in [0.15, 0.2) is 5.65 Å². The maximum Gasteiger partial charge on any atom is 0.242 e. The molecule has 10 heteroatoms. The van der Waals surface area contributed by atoms with Crippen molar-refractivity contribution in [3.05, 3.63) is 42.1 Å². The van der Waals surface area contributed by atoms with Gasteiger partial charge in [-0.25, -0.2) is 17.7 Å². The highest BCUT2D eigenvalue weighted by Gasteiger charge is 2.21. The third kappa shape index (κ3) is 4.97. The normalized spacial score (nSPS) is 19.4. The number of aromatic nitrogens is 3. The Hall–Kier alpha value is -2.69. The summed E-state index contributed by atoms with van der Waals surface area (Å²) in [6.07, 6.45) is 5.00. The van der Waals surface area contributed by atoms with Crippen molar-refractivity contribution in [1.29, 1.82) is 0 Å². The second-order valence-electron chi connectivity index (χ2n) is 9.10. The number of rotatable bonds is 7. The number of fused-ring (bicyclic) bond motifs is 1. The number of nitrogens with one attached hydrogen (secondary N) is 2. The van der Waals surface area contributed by atoms with Crippen molar-refractivity contribution in [2.75, 3.05) is 24.7 Å². The van der Waals surface area contributed by atoms with Gasteiger partial charge in [0.2, 0.25) is 10.0 Å². The highest BCUT2D eigenvalue weighted by Crippen LogP contribution is 2.28. The van der Waals surface area contributed by atoms with Crippen LogP contribution < -0.4 is 10.6 Å². The van der Waals surface area contributed by atoms with E-state index in [9.17, 15) is 13.5 Å². The van der Waals surface area contributed by atoms with Gasteiger partial charge < -0.3 is 15.7 Å². The average molecular weight is 473 g/mol. The van der Waals surface area contributed by atoms with Gasteiger partial charge in [-0.15, -0.1) is 0 Å². The van der Waals surface area contributed by atoms with Gasteiger partial charge in [-0.2, -0.15) is 9.61 Å². The predicted molar refractivity (Wildman–Crippen MR) is 130 cm³/mol. The summed E-state index contributed by atoms with van der Waals surface area (Å²) in [7, 11) is -0.455. The highest BCUT2D eigenvalue weighted by atomic mass is 32.2. The smallest absolute Gasteiger partial charge is 0.242 e. The second-order valence-corrected chi connectivity index (χ2v) is 11.3. The van der Waals surface area contributed by atoms with Crippen LogP contribution in [-0.4, -0.2) is 58.7 Å². The van der Waals surface area contributed by atoms with E-state index in [1.54, 1.807) is 28.8 Å². The molecule has 1 aliphatic rings. The number of aliphatic hydroxyl groups excluding tert-OH is 1. The first kappa shape index (κ1) is 23.5. The summed E-state index contributed by atoms with van der Waals surface area (Å²) in [5.74, 6) is 1.74. The summed E-state index contributed by atoms with van der Waals surface area (Å²) >= 11 is 0. The molecule has 2 aromatic heterocycles. The summed E-state index contributed by atoms with van der Waals surface area (Å²) in [4.78, 5) is 5.08. The van der Waals surface area contributed by atoms with Crippen LogP contribution in [0.15, 0.2) is 41.4 Å². The van der Waals surface area contributed by atoms with Crippen molar-refractivity contribution >= 4 is 33.0 Å². The molecule has 1 saturated carbocycles. The molecule has 3 N–H and O–H groups in total. The Kier molecular flexibility index (Phi) is 6.60. The monoisotopic (exact) mass is 472 g/mol. The van der Waals surface area contributed by atoms with Crippen molar-refractivity contribution in [2.24, 2.45) is 0 Å². The first-order valence-corrected chi connectivity index (χ1v) is 12.7. The molecule has 0 saturated heterocycles. The summed E-state index contributed by atoms with van der Waals surface area (Å²) < 4.78 is 27.7. The van der Waals surface area contributed by atoms with Gasteiger partial charge in [-0.1, -0.05) is 13.8 Å². The fourth-order valence-electron chi connectivity index (χ4n) is 4.05. The van der Waals surface area contributed by atoms with E-state index >= 15 is 0 Å². The summed E-state index contributed by atoms with van der Waals surface area (Å²) in [6.45, 7) is 4.22. The second kappa shape index (κ2) is 9.28. The lowest BCUT2D eigenvalue weighted by atomic mass is 9.93. The maximum atomic E-state index is 12.4. The van der Waals surface area contributed by atoms with Crippen LogP contribution >= 0.6 is 0 Å². The Morgan fingerprint density at radius 3 is 2.39 bits per heavy atom. The van der Waals surface area contributed by atoms with Gasteiger partial charge in [0, 0.05) is 37.5 Å². The van der Waals surface area contributed by atoms with Crippen molar-refractivity contribution < 1.29 is 13.5 Å². The first-order chi connectivity index (χ1) is 15.6. The van der Waals surface area contributed by atoms with Crippen LogP contribution in [0.4, 0.5) is 17.3 Å². The van der Waals surface area contributed by atoms with Crippen LogP contribution in [0.5, 0.6) is 0 Å². The van der Waals surface area contributed by atoms with Crippen LogP contribution in [0.2, 0.25) is 0 Å². The van der Waals surface area contributed by atoms with Crippen molar-refractivity contribution in [3.8, 4) is 0 Å². The zero-order chi connectivity index (χ0) is 23.8. The molecule has 0 radical (unpaired) electrons. The molecule has 4 rings (SSSR count). The molecular weight excluding hydrogens is 440 g/mol. The van der Waals surface area contributed by atoms with Gasteiger partial charge in [0.25, 0.3) is 0 Å². The quantitative estimate of drug-likeness (QED) is 0.482. The molecule has 1 aromatic carbocycles. The van der Waals surface area contributed by atoms with E-state index in [4.69, 9.17) is 4.98 Å². The van der Waals surface area contributed by atoms with Crippen molar-refractivity contribution in [1.82, 2.24) is 18.9 Å². The van der Waals surface area contributed by atoms with Crippen molar-refractivity contribution in [3.63, 3.8) is 0 Å². The highest BCUT2D eigenvalue weighted by molar-refractivity contribution is 7.89. The molecule has 33 heavy (non-hydrogen) atoms. The van der Waals surface area contributed by atoms with Crippen LogP contribution in [0.1, 0.15) is 51.0 Å². The van der Waals surface area contributed by atoms with Gasteiger partial charge in [-0.3, -0.25) is 0 Å². The number of hydrogen-bond donors (Lipinski definition) is 3. The number of anilines is 3. The third-order valence-electron chi connectivity index (χ3n) is 6.08. The van der Waals surface area contributed by atoms with E-state index in [1.165, 1.54) is 18.4 Å². The third-order valence-corrected chi connectivity index (χ3v) is 7.90. The van der Waals surface area contributed by atoms with E-state index in [0.29, 0.717) is 0 Å². The van der Waals surface area contributed by atoms with E-state index in [2.05, 4.69) is 29.6 Å². The van der Waals surface area contributed by atoms with Crippen LogP contribution in [0, 0.1) is 0 Å². The first-order valence-electron chi connectivity index (χ1n) is 11.3. The molecule has 0 atom stereocenters. The fourth-order valence-corrected chi connectivity index (χ4v) is 4.95. The molecule has 0 amide bonds. The van der Waals surface area contributed by atoms with Crippen LogP contribution in [0.25, 0.3) is 5.65 Å². The van der Waals surface area contributed by atoms with Gasteiger partial charge in [0.05, 0.1) is 17.2 Å². The fraction of sp³-hybridized carbons (Fsp3) is 0.478. The minimum absolute atomic E-state index is 0.211. The number of benzene rings is 1.